The lowest BCUT2D eigenvalue weighted by molar-refractivity contribution is -0.135. The fourth-order valence-corrected chi connectivity index (χ4v) is 5.02. The highest BCUT2D eigenvalue weighted by atomic mass is 79.9. The molecule has 2 saturated heterocycles. The molecule has 0 spiro atoms. The lowest BCUT2D eigenvalue weighted by atomic mass is 10.0. The minimum Gasteiger partial charge on any atom is -0.477 e. The summed E-state index contributed by atoms with van der Waals surface area (Å²) in [7, 11) is 0. The molecule has 0 aliphatic carbocycles. The third-order valence-corrected chi connectivity index (χ3v) is 6.76. The van der Waals surface area contributed by atoms with E-state index in [-0.39, 0.29) is 17.7 Å². The van der Waals surface area contributed by atoms with Gasteiger partial charge in [-0.25, -0.2) is 9.37 Å². The number of piperidine rings is 1. The Morgan fingerprint density at radius 2 is 2.00 bits per heavy atom. The van der Waals surface area contributed by atoms with Crippen molar-refractivity contribution in [3.05, 3.63) is 34.3 Å². The number of hydrogen-bond donors (Lipinski definition) is 0. The van der Waals surface area contributed by atoms with Gasteiger partial charge in [-0.15, -0.1) is 0 Å². The van der Waals surface area contributed by atoms with Crippen LogP contribution in [0.5, 0.6) is 5.75 Å². The van der Waals surface area contributed by atoms with Gasteiger partial charge in [-0.2, -0.15) is 4.37 Å². The Kier molecular flexibility index (Phi) is 6.06. The van der Waals surface area contributed by atoms with Crippen LogP contribution in [0.15, 0.2) is 22.7 Å². The monoisotopic (exact) mass is 482 g/mol. The lowest BCUT2D eigenvalue weighted by Crippen LogP contribution is -2.47. The first-order valence-electron chi connectivity index (χ1n) is 9.93. The van der Waals surface area contributed by atoms with Crippen LogP contribution >= 0.6 is 27.5 Å². The van der Waals surface area contributed by atoms with Crippen LogP contribution in [-0.2, 0) is 4.79 Å². The molecular weight excluding hydrogens is 459 g/mol. The average molecular weight is 483 g/mol. The first kappa shape index (κ1) is 20.5. The highest BCUT2D eigenvalue weighted by molar-refractivity contribution is 9.10. The maximum atomic E-state index is 14.0. The molecule has 1 amide bonds. The number of anilines is 1. The molecule has 6 nitrogen and oxygen atoms in total. The van der Waals surface area contributed by atoms with Gasteiger partial charge in [-0.05, 0) is 31.0 Å². The Morgan fingerprint density at radius 1 is 1.24 bits per heavy atom. The number of halogens is 2. The molecule has 9 heteroatoms. The van der Waals surface area contributed by atoms with Crippen LogP contribution in [0.1, 0.15) is 44.9 Å². The molecule has 1 atom stereocenters. The number of benzene rings is 1. The van der Waals surface area contributed by atoms with Gasteiger partial charge in [0.1, 0.15) is 5.82 Å². The predicted molar refractivity (Wildman–Crippen MR) is 114 cm³/mol. The first-order chi connectivity index (χ1) is 13.9. The highest BCUT2D eigenvalue weighted by Crippen LogP contribution is 2.30. The fraction of sp³-hybridized carbons (Fsp3) is 0.550. The Balaban J connectivity index is 1.33. The van der Waals surface area contributed by atoms with Crippen LogP contribution in [0.25, 0.3) is 0 Å². The Bertz CT molecular complexity index is 885. The number of aromatic nitrogens is 2. The van der Waals surface area contributed by atoms with E-state index in [2.05, 4.69) is 44.0 Å². The summed E-state index contributed by atoms with van der Waals surface area (Å²) in [6.07, 6.45) is 1.76. The number of amides is 1. The van der Waals surface area contributed by atoms with Crippen LogP contribution in [0, 0.1) is 5.82 Å². The average Bonchev–Trinajstić information content (AvgIpc) is 3.32. The zero-order chi connectivity index (χ0) is 20.5. The molecular formula is C20H24BrFN4O2S. The van der Waals surface area contributed by atoms with Crippen molar-refractivity contribution in [3.63, 3.8) is 0 Å². The van der Waals surface area contributed by atoms with Gasteiger partial charge in [0.25, 0.3) is 5.91 Å². The fourth-order valence-electron chi connectivity index (χ4n) is 3.83. The first-order valence-corrected chi connectivity index (χ1v) is 11.5. The smallest absolute Gasteiger partial charge is 0.263 e. The SMILES string of the molecule is CC(C)c1nsc(N2CCC(N3CCC(Oc4ccc(Br)cc4F)C3=O)CC2)n1. The second kappa shape index (κ2) is 8.55. The molecule has 1 aromatic heterocycles. The molecule has 2 fully saturated rings. The van der Waals surface area contributed by atoms with Crippen molar-refractivity contribution in [1.82, 2.24) is 14.3 Å². The van der Waals surface area contributed by atoms with Crippen molar-refractivity contribution in [3.8, 4) is 5.75 Å². The summed E-state index contributed by atoms with van der Waals surface area (Å²) in [5, 5.41) is 0.965. The number of likely N-dealkylation sites (tertiary alicyclic amines) is 1. The van der Waals surface area contributed by atoms with E-state index in [1.807, 2.05) is 4.90 Å². The number of nitrogens with zero attached hydrogens (tertiary/aromatic N) is 4. The Hall–Kier alpha value is -1.74. The molecule has 29 heavy (non-hydrogen) atoms. The maximum absolute atomic E-state index is 14.0. The van der Waals surface area contributed by atoms with Crippen molar-refractivity contribution in [2.24, 2.45) is 0 Å². The van der Waals surface area contributed by atoms with Crippen LogP contribution in [0.4, 0.5) is 9.52 Å². The number of rotatable bonds is 5. The largest absolute Gasteiger partial charge is 0.477 e. The van der Waals surface area contributed by atoms with Crippen LogP contribution in [0.2, 0.25) is 0 Å². The predicted octanol–water partition coefficient (Wildman–Crippen LogP) is 4.21. The van der Waals surface area contributed by atoms with Gasteiger partial charge in [0.2, 0.25) is 5.13 Å². The molecule has 4 rings (SSSR count). The molecule has 3 heterocycles. The summed E-state index contributed by atoms with van der Waals surface area (Å²) in [5.74, 6) is 0.843. The van der Waals surface area contributed by atoms with E-state index in [1.54, 1.807) is 12.1 Å². The second-order valence-electron chi connectivity index (χ2n) is 7.81. The maximum Gasteiger partial charge on any atom is 0.263 e. The highest BCUT2D eigenvalue weighted by Gasteiger charge is 2.39. The van der Waals surface area contributed by atoms with Gasteiger partial charge in [0.15, 0.2) is 17.7 Å². The Labute approximate surface area is 182 Å². The molecule has 2 aromatic rings. The zero-order valence-electron chi connectivity index (χ0n) is 16.5. The molecule has 2 aliphatic heterocycles. The van der Waals surface area contributed by atoms with Crippen LogP contribution in [0.3, 0.4) is 0 Å². The van der Waals surface area contributed by atoms with Crippen molar-refractivity contribution in [2.45, 2.75) is 51.2 Å². The molecule has 156 valence electrons. The molecule has 0 N–H and O–H groups in total. The van der Waals surface area contributed by atoms with Gasteiger partial charge >= 0.3 is 0 Å². The van der Waals surface area contributed by atoms with Crippen molar-refractivity contribution in [1.29, 1.82) is 0 Å². The summed E-state index contributed by atoms with van der Waals surface area (Å²) in [6, 6.07) is 4.81. The van der Waals surface area contributed by atoms with Gasteiger partial charge in [0, 0.05) is 54.0 Å². The van der Waals surface area contributed by atoms with Crippen LogP contribution < -0.4 is 9.64 Å². The Morgan fingerprint density at radius 3 is 2.66 bits per heavy atom. The molecule has 0 saturated carbocycles. The molecule has 0 radical (unpaired) electrons. The zero-order valence-corrected chi connectivity index (χ0v) is 18.9. The van der Waals surface area contributed by atoms with E-state index in [9.17, 15) is 9.18 Å². The minimum absolute atomic E-state index is 0.0382. The standard InChI is InChI=1S/C20H24BrFN4O2S/c1-12(2)18-23-20(29-24-18)25-8-5-14(6-9-25)26-10-7-17(19(26)27)28-16-4-3-13(21)11-15(16)22/h3-4,11-12,14,17H,5-10H2,1-2H3. The summed E-state index contributed by atoms with van der Waals surface area (Å²) in [4.78, 5) is 21.7. The summed E-state index contributed by atoms with van der Waals surface area (Å²) < 4.78 is 24.8. The number of ether oxygens (including phenoxy) is 1. The van der Waals surface area contributed by atoms with Crippen molar-refractivity contribution >= 4 is 38.5 Å². The third kappa shape index (κ3) is 4.40. The van der Waals surface area contributed by atoms with E-state index >= 15 is 0 Å². The van der Waals surface area contributed by atoms with Crippen LogP contribution in [-0.4, -0.2) is 51.9 Å². The lowest BCUT2D eigenvalue weighted by Gasteiger charge is -2.36. The summed E-state index contributed by atoms with van der Waals surface area (Å²) in [5.41, 5.74) is 0. The molecule has 2 aliphatic rings. The van der Waals surface area contributed by atoms with Crippen molar-refractivity contribution < 1.29 is 13.9 Å². The molecule has 1 aromatic carbocycles. The third-order valence-electron chi connectivity index (χ3n) is 5.48. The minimum atomic E-state index is -0.611. The van der Waals surface area contributed by atoms with E-state index in [1.165, 1.54) is 17.6 Å². The quantitative estimate of drug-likeness (QED) is 0.638. The van der Waals surface area contributed by atoms with E-state index in [0.717, 1.165) is 36.9 Å². The second-order valence-corrected chi connectivity index (χ2v) is 9.46. The van der Waals surface area contributed by atoms with Gasteiger partial charge in [0.05, 0.1) is 0 Å². The summed E-state index contributed by atoms with van der Waals surface area (Å²) in [6.45, 7) is 6.55. The van der Waals surface area contributed by atoms with Gasteiger partial charge < -0.3 is 14.5 Å². The van der Waals surface area contributed by atoms with Gasteiger partial charge in [-0.3, -0.25) is 4.79 Å². The topological polar surface area (TPSA) is 58.6 Å². The number of carbonyl (C=O) groups is 1. The molecule has 0 bridgehead atoms. The van der Waals surface area contributed by atoms with Gasteiger partial charge in [-0.1, -0.05) is 29.8 Å². The normalized spacial score (nSPS) is 20.7. The van der Waals surface area contributed by atoms with E-state index in [4.69, 9.17) is 4.74 Å². The number of hydrogen-bond acceptors (Lipinski definition) is 6. The van der Waals surface area contributed by atoms with E-state index < -0.39 is 11.9 Å². The van der Waals surface area contributed by atoms with Crippen molar-refractivity contribution in [2.75, 3.05) is 24.5 Å². The number of carbonyl (C=O) groups excluding carboxylic acids is 1. The van der Waals surface area contributed by atoms with E-state index in [0.29, 0.717) is 23.4 Å². The summed E-state index contributed by atoms with van der Waals surface area (Å²) >= 11 is 4.68. The molecule has 1 unspecified atom stereocenters.